The summed E-state index contributed by atoms with van der Waals surface area (Å²) >= 11 is 0. The first kappa shape index (κ1) is 31.2. The van der Waals surface area contributed by atoms with E-state index in [1.54, 1.807) is 12.1 Å². The smallest absolute Gasteiger partial charge is 0.308 e. The molecule has 0 fully saturated rings. The van der Waals surface area contributed by atoms with Crippen molar-refractivity contribution in [2.45, 2.75) is 57.6 Å². The zero-order valence-electron chi connectivity index (χ0n) is 24.4. The van der Waals surface area contributed by atoms with Gasteiger partial charge in [-0.15, -0.1) is 0 Å². The van der Waals surface area contributed by atoms with Crippen molar-refractivity contribution in [1.82, 2.24) is 4.90 Å². The minimum atomic E-state index is -1.02. The maximum Gasteiger partial charge on any atom is 0.308 e. The molecule has 4 N–H and O–H groups in total. The van der Waals surface area contributed by atoms with Crippen LogP contribution in [0.15, 0.2) is 84.9 Å². The Hall–Kier alpha value is -3.72. The molecule has 1 aliphatic heterocycles. The molecular weight excluding hydrogens is 535 g/mol. The first-order valence-electron chi connectivity index (χ1n) is 14.4. The Kier molecular flexibility index (Phi) is 10.7. The second-order valence-corrected chi connectivity index (χ2v) is 11.2. The van der Waals surface area contributed by atoms with Crippen LogP contribution in [0.4, 0.5) is 10.1 Å². The van der Waals surface area contributed by atoms with E-state index >= 15 is 0 Å². The average Bonchev–Trinajstić information content (AvgIpc) is 3.33. The number of carbonyl (C=O) groups excluding carboxylic acids is 1. The van der Waals surface area contributed by atoms with Gasteiger partial charge < -0.3 is 30.3 Å². The SMILES string of the molecule is COC(=O)C[C@H](O)C[C@H](O)CCN1C(c2ccc(F)cc2)=C(c2ccccc2)C(C(O)Nc2ccccc2)C1C(C)C. The Morgan fingerprint density at radius 3 is 2.12 bits per heavy atom. The molecule has 0 amide bonds. The summed E-state index contributed by atoms with van der Waals surface area (Å²) in [6.07, 6.45) is -2.71. The molecule has 224 valence electrons. The highest BCUT2D eigenvalue weighted by atomic mass is 19.1. The molecule has 3 aromatic carbocycles. The lowest BCUT2D eigenvalue weighted by molar-refractivity contribution is -0.143. The van der Waals surface area contributed by atoms with E-state index in [1.165, 1.54) is 19.2 Å². The van der Waals surface area contributed by atoms with E-state index in [2.05, 4.69) is 28.8 Å². The van der Waals surface area contributed by atoms with E-state index in [1.807, 2.05) is 60.7 Å². The van der Waals surface area contributed by atoms with Crippen molar-refractivity contribution in [3.8, 4) is 0 Å². The number of aliphatic hydroxyl groups excluding tert-OH is 3. The molecule has 0 radical (unpaired) electrons. The molecule has 42 heavy (non-hydrogen) atoms. The number of rotatable bonds is 13. The molecule has 3 unspecified atom stereocenters. The number of halogens is 1. The lowest BCUT2D eigenvalue weighted by Crippen LogP contribution is -2.45. The van der Waals surface area contributed by atoms with Gasteiger partial charge in [-0.1, -0.05) is 62.4 Å². The van der Waals surface area contributed by atoms with Gasteiger partial charge in [0.25, 0.3) is 0 Å². The van der Waals surface area contributed by atoms with Gasteiger partial charge in [0.15, 0.2) is 0 Å². The minimum Gasteiger partial charge on any atom is -0.469 e. The highest BCUT2D eigenvalue weighted by molar-refractivity contribution is 5.94. The molecule has 0 saturated carbocycles. The van der Waals surface area contributed by atoms with Crippen LogP contribution in [0.25, 0.3) is 11.3 Å². The topological polar surface area (TPSA) is 102 Å². The Morgan fingerprint density at radius 1 is 0.905 bits per heavy atom. The van der Waals surface area contributed by atoms with Crippen molar-refractivity contribution >= 4 is 22.9 Å². The van der Waals surface area contributed by atoms with E-state index in [-0.39, 0.29) is 36.5 Å². The summed E-state index contributed by atoms with van der Waals surface area (Å²) in [5.41, 5.74) is 4.32. The van der Waals surface area contributed by atoms with Crippen LogP contribution in [0.3, 0.4) is 0 Å². The predicted octanol–water partition coefficient (Wildman–Crippen LogP) is 5.15. The number of esters is 1. The lowest BCUT2D eigenvalue weighted by Gasteiger charge is -2.38. The lowest BCUT2D eigenvalue weighted by atomic mass is 9.82. The van der Waals surface area contributed by atoms with Gasteiger partial charge in [-0.05, 0) is 71.9 Å². The minimum absolute atomic E-state index is 0.0258. The number of anilines is 1. The predicted molar refractivity (Wildman–Crippen MR) is 162 cm³/mol. The van der Waals surface area contributed by atoms with Gasteiger partial charge in [-0.25, -0.2) is 4.39 Å². The Balaban J connectivity index is 1.76. The van der Waals surface area contributed by atoms with Gasteiger partial charge in [-0.2, -0.15) is 0 Å². The molecule has 3 aromatic rings. The van der Waals surface area contributed by atoms with Gasteiger partial charge in [0.05, 0.1) is 31.7 Å². The number of nitrogens with one attached hydrogen (secondary N) is 1. The average molecular weight is 577 g/mol. The maximum atomic E-state index is 14.1. The van der Waals surface area contributed by atoms with Gasteiger partial charge in [0.1, 0.15) is 12.0 Å². The van der Waals surface area contributed by atoms with Crippen LogP contribution in [-0.2, 0) is 9.53 Å². The number of ether oxygens (including phenoxy) is 1. The molecule has 0 aliphatic carbocycles. The molecular formula is C34H41FN2O5. The fourth-order valence-electron chi connectivity index (χ4n) is 5.96. The van der Waals surface area contributed by atoms with Crippen molar-refractivity contribution in [1.29, 1.82) is 0 Å². The van der Waals surface area contributed by atoms with Crippen LogP contribution in [0, 0.1) is 17.7 Å². The molecule has 5 atom stereocenters. The largest absolute Gasteiger partial charge is 0.469 e. The number of methoxy groups -OCH3 is 1. The summed E-state index contributed by atoms with van der Waals surface area (Å²) in [5, 5.41) is 36.3. The first-order valence-corrected chi connectivity index (χ1v) is 14.4. The van der Waals surface area contributed by atoms with E-state index in [0.717, 1.165) is 28.1 Å². The molecule has 7 nitrogen and oxygen atoms in total. The Bertz CT molecular complexity index is 1320. The number of benzene rings is 3. The number of hydrogen-bond donors (Lipinski definition) is 4. The standard InChI is InChI=1S/C34H41FN2O5/c1-22(2)32-31(34(41)36-26-12-8-5-9-13-26)30(23-10-6-4-7-11-23)33(24-14-16-25(35)17-15-24)37(32)19-18-27(38)20-28(39)21-29(40)42-3/h4-17,22,27-28,31-32,34,36,38-39,41H,18-21H2,1-3H3/t27-,28-,31?,32?,34?/m1/s1. The molecule has 0 saturated heterocycles. The Labute approximate surface area is 247 Å². The maximum absolute atomic E-state index is 14.1. The van der Waals surface area contributed by atoms with Crippen molar-refractivity contribution in [3.05, 3.63) is 102 Å². The van der Waals surface area contributed by atoms with Crippen molar-refractivity contribution in [2.24, 2.45) is 11.8 Å². The molecule has 1 aliphatic rings. The number of aliphatic hydroxyl groups is 3. The number of nitrogens with zero attached hydrogens (tertiary/aromatic N) is 1. The van der Waals surface area contributed by atoms with Crippen LogP contribution in [0.5, 0.6) is 0 Å². The van der Waals surface area contributed by atoms with Crippen LogP contribution in [0.1, 0.15) is 44.2 Å². The van der Waals surface area contributed by atoms with Gasteiger partial charge in [-0.3, -0.25) is 4.79 Å². The number of hydrogen-bond acceptors (Lipinski definition) is 7. The van der Waals surface area contributed by atoms with Gasteiger partial charge >= 0.3 is 5.97 Å². The second-order valence-electron chi connectivity index (χ2n) is 11.2. The molecule has 4 rings (SSSR count). The van der Waals surface area contributed by atoms with Gasteiger partial charge in [0, 0.05) is 24.0 Å². The summed E-state index contributed by atoms with van der Waals surface area (Å²) < 4.78 is 18.7. The summed E-state index contributed by atoms with van der Waals surface area (Å²) in [6.45, 7) is 4.62. The zero-order valence-corrected chi connectivity index (χ0v) is 24.4. The molecule has 1 heterocycles. The number of para-hydroxylation sites is 1. The quantitative estimate of drug-likeness (QED) is 0.165. The third kappa shape index (κ3) is 7.56. The molecule has 0 spiro atoms. The summed E-state index contributed by atoms with van der Waals surface area (Å²) in [5.74, 6) is -1.18. The number of carbonyl (C=O) groups is 1. The fourth-order valence-corrected chi connectivity index (χ4v) is 5.96. The Morgan fingerprint density at radius 2 is 1.52 bits per heavy atom. The molecule has 0 bridgehead atoms. The van der Waals surface area contributed by atoms with E-state index in [4.69, 9.17) is 0 Å². The van der Waals surface area contributed by atoms with Crippen LogP contribution in [0.2, 0.25) is 0 Å². The van der Waals surface area contributed by atoms with Crippen molar-refractivity contribution in [3.63, 3.8) is 0 Å². The highest BCUT2D eigenvalue weighted by Gasteiger charge is 2.46. The monoisotopic (exact) mass is 576 g/mol. The van der Waals surface area contributed by atoms with Crippen LogP contribution >= 0.6 is 0 Å². The second kappa shape index (κ2) is 14.4. The normalized spacial score (nSPS) is 19.1. The summed E-state index contributed by atoms with van der Waals surface area (Å²) in [7, 11) is 1.26. The molecule has 8 heteroatoms. The summed E-state index contributed by atoms with van der Waals surface area (Å²) in [4.78, 5) is 13.8. The van der Waals surface area contributed by atoms with Crippen molar-refractivity contribution < 1.29 is 29.2 Å². The first-order chi connectivity index (χ1) is 20.2. The van der Waals surface area contributed by atoms with Gasteiger partial charge in [0.2, 0.25) is 0 Å². The van der Waals surface area contributed by atoms with E-state index in [0.29, 0.717) is 13.0 Å². The zero-order chi connectivity index (χ0) is 30.2. The van der Waals surface area contributed by atoms with Crippen LogP contribution < -0.4 is 5.32 Å². The summed E-state index contributed by atoms with van der Waals surface area (Å²) in [6, 6.07) is 25.6. The van der Waals surface area contributed by atoms with E-state index < -0.39 is 24.4 Å². The third-order valence-electron chi connectivity index (χ3n) is 7.79. The highest BCUT2D eigenvalue weighted by Crippen LogP contribution is 2.48. The molecule has 0 aromatic heterocycles. The fraction of sp³-hybridized carbons (Fsp3) is 0.382. The van der Waals surface area contributed by atoms with E-state index in [9.17, 15) is 24.5 Å². The third-order valence-corrected chi connectivity index (χ3v) is 7.79. The van der Waals surface area contributed by atoms with Crippen molar-refractivity contribution in [2.75, 3.05) is 19.0 Å². The van der Waals surface area contributed by atoms with Crippen LogP contribution in [-0.4, -0.2) is 64.3 Å².